The number of aryl methyl sites for hydroxylation is 1. The van der Waals surface area contributed by atoms with E-state index < -0.39 is 0 Å². The van der Waals surface area contributed by atoms with Gasteiger partial charge in [-0.05, 0) is 42.8 Å². The molecule has 7 nitrogen and oxygen atoms in total. The summed E-state index contributed by atoms with van der Waals surface area (Å²) in [6.07, 6.45) is 4.03. The first kappa shape index (κ1) is 21.1. The van der Waals surface area contributed by atoms with Gasteiger partial charge < -0.3 is 19.8 Å². The summed E-state index contributed by atoms with van der Waals surface area (Å²) in [7, 11) is 0. The number of nitrogens with zero attached hydrogens (tertiary/aromatic N) is 2. The summed E-state index contributed by atoms with van der Waals surface area (Å²) in [5.41, 5.74) is 3.82. The van der Waals surface area contributed by atoms with Crippen LogP contribution in [-0.2, 0) is 11.4 Å². The van der Waals surface area contributed by atoms with Crippen LogP contribution in [0.25, 0.3) is 5.65 Å². The lowest BCUT2D eigenvalue weighted by Crippen LogP contribution is -2.28. The van der Waals surface area contributed by atoms with E-state index in [-0.39, 0.29) is 24.8 Å². The largest absolute Gasteiger partial charge is 0.487 e. The molecule has 0 fully saturated rings. The normalized spacial score (nSPS) is 10.7. The third-order valence-corrected chi connectivity index (χ3v) is 4.95. The van der Waals surface area contributed by atoms with Gasteiger partial charge in [0.15, 0.2) is 0 Å². The van der Waals surface area contributed by atoms with E-state index in [0.717, 1.165) is 16.9 Å². The van der Waals surface area contributed by atoms with E-state index in [1.54, 1.807) is 18.2 Å². The Hall–Kier alpha value is -4.13. The number of carbonyl (C=O) groups is 2. The number of rotatable bonds is 8. The van der Waals surface area contributed by atoms with Gasteiger partial charge in [-0.1, -0.05) is 30.3 Å². The number of nitrogens with one attached hydrogen (secondary N) is 2. The Kier molecular flexibility index (Phi) is 6.46. The van der Waals surface area contributed by atoms with E-state index in [2.05, 4.69) is 15.6 Å². The van der Waals surface area contributed by atoms with Gasteiger partial charge in [-0.3, -0.25) is 9.59 Å². The molecule has 0 aliphatic heterocycles. The molecule has 0 radical (unpaired) electrons. The van der Waals surface area contributed by atoms with Gasteiger partial charge in [0.2, 0.25) is 5.91 Å². The smallest absolute Gasteiger partial charge is 0.251 e. The molecule has 2 aromatic heterocycles. The van der Waals surface area contributed by atoms with Crippen LogP contribution >= 0.6 is 0 Å². The highest BCUT2D eigenvalue weighted by molar-refractivity contribution is 5.96. The molecule has 0 unspecified atom stereocenters. The minimum Gasteiger partial charge on any atom is -0.487 e. The molecule has 0 bridgehead atoms. The number of aromatic nitrogens is 2. The summed E-state index contributed by atoms with van der Waals surface area (Å²) in [5.74, 6) is 0.263. The number of amides is 2. The van der Waals surface area contributed by atoms with Crippen molar-refractivity contribution in [3.05, 3.63) is 95.9 Å². The van der Waals surface area contributed by atoms with Crippen molar-refractivity contribution in [1.29, 1.82) is 0 Å². The second-order valence-electron chi connectivity index (χ2n) is 7.38. The fourth-order valence-electron chi connectivity index (χ4n) is 3.31. The molecule has 0 spiro atoms. The van der Waals surface area contributed by atoms with Crippen LogP contribution in [-0.4, -0.2) is 27.7 Å². The van der Waals surface area contributed by atoms with E-state index in [4.69, 9.17) is 4.74 Å². The van der Waals surface area contributed by atoms with Crippen molar-refractivity contribution in [2.24, 2.45) is 0 Å². The van der Waals surface area contributed by atoms with E-state index in [0.29, 0.717) is 23.6 Å². The Bertz CT molecular complexity index is 1220. The Morgan fingerprint density at radius 1 is 1.03 bits per heavy atom. The molecule has 2 aromatic carbocycles. The van der Waals surface area contributed by atoms with Crippen molar-refractivity contribution in [3.63, 3.8) is 0 Å². The third kappa shape index (κ3) is 5.31. The van der Waals surface area contributed by atoms with Crippen LogP contribution in [0.2, 0.25) is 0 Å². The molecular formula is C25H24N4O3. The molecule has 2 heterocycles. The molecule has 0 atom stereocenters. The van der Waals surface area contributed by atoms with Crippen molar-refractivity contribution < 1.29 is 14.3 Å². The van der Waals surface area contributed by atoms with Gasteiger partial charge in [0, 0.05) is 42.7 Å². The third-order valence-electron chi connectivity index (χ3n) is 4.95. The van der Waals surface area contributed by atoms with Gasteiger partial charge in [0.05, 0.1) is 5.69 Å². The highest BCUT2D eigenvalue weighted by Crippen LogP contribution is 2.19. The van der Waals surface area contributed by atoms with Crippen LogP contribution < -0.4 is 15.4 Å². The fourth-order valence-corrected chi connectivity index (χ4v) is 3.31. The number of fused-ring (bicyclic) bond motifs is 1. The second-order valence-corrected chi connectivity index (χ2v) is 7.38. The molecule has 4 rings (SSSR count). The van der Waals surface area contributed by atoms with Crippen molar-refractivity contribution in [3.8, 4) is 5.75 Å². The fraction of sp³-hybridized carbons (Fsp3) is 0.160. The lowest BCUT2D eigenvalue weighted by molar-refractivity contribution is -0.116. The zero-order chi connectivity index (χ0) is 22.3. The van der Waals surface area contributed by atoms with Crippen LogP contribution in [0.3, 0.4) is 0 Å². The number of hydrogen-bond acceptors (Lipinski definition) is 4. The SMILES string of the molecule is Cc1ccccc1C(=O)NCCC(=O)Nc1cccc(OCc2cn3ccccc3n2)c1. The highest BCUT2D eigenvalue weighted by Gasteiger charge is 2.09. The Labute approximate surface area is 186 Å². The molecule has 2 N–H and O–H groups in total. The van der Waals surface area contributed by atoms with Crippen LogP contribution in [0.1, 0.15) is 28.0 Å². The number of anilines is 1. The standard InChI is InChI=1S/C25H24N4O3/c1-18-7-2-3-10-22(18)25(31)26-13-12-24(30)28-19-8-6-9-21(15-19)32-17-20-16-29-14-5-4-11-23(29)27-20/h2-11,14-16H,12-13,17H2,1H3,(H,26,31)(H,28,30). The summed E-state index contributed by atoms with van der Waals surface area (Å²) in [4.78, 5) is 29.0. The molecule has 4 aromatic rings. The predicted molar refractivity (Wildman–Crippen MR) is 123 cm³/mol. The zero-order valence-corrected chi connectivity index (χ0v) is 17.7. The molecule has 2 amide bonds. The molecule has 0 saturated carbocycles. The second kappa shape index (κ2) is 9.78. The van der Waals surface area contributed by atoms with E-state index in [9.17, 15) is 9.59 Å². The first-order valence-corrected chi connectivity index (χ1v) is 10.4. The van der Waals surface area contributed by atoms with Gasteiger partial charge in [0.1, 0.15) is 18.0 Å². The van der Waals surface area contributed by atoms with Crippen LogP contribution in [0.15, 0.2) is 79.1 Å². The van der Waals surface area contributed by atoms with Gasteiger partial charge in [-0.2, -0.15) is 0 Å². The van der Waals surface area contributed by atoms with Crippen molar-refractivity contribution in [2.75, 3.05) is 11.9 Å². The van der Waals surface area contributed by atoms with Gasteiger partial charge in [-0.25, -0.2) is 4.98 Å². The molecular weight excluding hydrogens is 404 g/mol. The molecule has 162 valence electrons. The first-order valence-electron chi connectivity index (χ1n) is 10.4. The predicted octanol–water partition coefficient (Wildman–Crippen LogP) is 3.98. The number of carbonyl (C=O) groups excluding carboxylic acids is 2. The lowest BCUT2D eigenvalue weighted by atomic mass is 10.1. The maximum atomic E-state index is 12.3. The van der Waals surface area contributed by atoms with Crippen molar-refractivity contribution >= 4 is 23.1 Å². The number of ether oxygens (including phenoxy) is 1. The Balaban J connectivity index is 1.26. The topological polar surface area (TPSA) is 84.7 Å². The monoisotopic (exact) mass is 428 g/mol. The summed E-state index contributed by atoms with van der Waals surface area (Å²) in [6.45, 7) is 2.46. The Morgan fingerprint density at radius 2 is 1.88 bits per heavy atom. The maximum absolute atomic E-state index is 12.3. The zero-order valence-electron chi connectivity index (χ0n) is 17.7. The number of pyridine rings is 1. The van der Waals surface area contributed by atoms with Gasteiger partial charge in [-0.15, -0.1) is 0 Å². The lowest BCUT2D eigenvalue weighted by Gasteiger charge is -2.10. The van der Waals surface area contributed by atoms with Crippen molar-refractivity contribution in [1.82, 2.24) is 14.7 Å². The van der Waals surface area contributed by atoms with Gasteiger partial charge in [0.25, 0.3) is 5.91 Å². The van der Waals surface area contributed by atoms with E-state index in [1.807, 2.05) is 72.2 Å². The summed E-state index contributed by atoms with van der Waals surface area (Å²) < 4.78 is 7.77. The van der Waals surface area contributed by atoms with E-state index in [1.165, 1.54) is 0 Å². The molecule has 0 aliphatic rings. The summed E-state index contributed by atoms with van der Waals surface area (Å²) in [6, 6.07) is 20.4. The minimum atomic E-state index is -0.187. The van der Waals surface area contributed by atoms with Crippen LogP contribution in [0, 0.1) is 6.92 Å². The molecule has 0 saturated heterocycles. The molecule has 0 aliphatic carbocycles. The van der Waals surface area contributed by atoms with E-state index >= 15 is 0 Å². The highest BCUT2D eigenvalue weighted by atomic mass is 16.5. The summed E-state index contributed by atoms with van der Waals surface area (Å²) in [5, 5.41) is 5.62. The number of benzene rings is 2. The molecule has 7 heteroatoms. The quantitative estimate of drug-likeness (QED) is 0.445. The van der Waals surface area contributed by atoms with Crippen molar-refractivity contribution in [2.45, 2.75) is 20.0 Å². The Morgan fingerprint density at radius 3 is 2.72 bits per heavy atom. The van der Waals surface area contributed by atoms with Crippen LogP contribution in [0.4, 0.5) is 5.69 Å². The minimum absolute atomic E-state index is 0.171. The first-order chi connectivity index (χ1) is 15.6. The van der Waals surface area contributed by atoms with Gasteiger partial charge >= 0.3 is 0 Å². The molecule has 32 heavy (non-hydrogen) atoms. The average Bonchev–Trinajstić information content (AvgIpc) is 3.21. The average molecular weight is 428 g/mol. The summed E-state index contributed by atoms with van der Waals surface area (Å²) >= 11 is 0. The number of imidazole rings is 1. The van der Waals surface area contributed by atoms with Crippen LogP contribution in [0.5, 0.6) is 5.75 Å². The maximum Gasteiger partial charge on any atom is 0.251 e. The number of hydrogen-bond donors (Lipinski definition) is 2.